The van der Waals surface area contributed by atoms with E-state index in [1.807, 2.05) is 13.0 Å². The Morgan fingerprint density at radius 2 is 1.83 bits per heavy atom. The van der Waals surface area contributed by atoms with Gasteiger partial charge in [-0.2, -0.15) is 0 Å². The van der Waals surface area contributed by atoms with Gasteiger partial charge in [0.05, 0.1) is 10.6 Å². The summed E-state index contributed by atoms with van der Waals surface area (Å²) in [6.07, 6.45) is 3.33. The molecule has 6 nitrogen and oxygen atoms in total. The highest BCUT2D eigenvalue weighted by Gasteiger charge is 2.16. The second-order valence-electron chi connectivity index (χ2n) is 6.54. The lowest BCUT2D eigenvalue weighted by Gasteiger charge is -2.09. The maximum Gasteiger partial charge on any atom is 0.319 e. The molecule has 0 saturated heterocycles. The minimum atomic E-state index is -3.51. The van der Waals surface area contributed by atoms with Gasteiger partial charge < -0.3 is 10.6 Å². The number of aryl methyl sites for hydroxylation is 1. The first-order valence-corrected chi connectivity index (χ1v) is 10.9. The van der Waals surface area contributed by atoms with Crippen LogP contribution in [0.3, 0.4) is 0 Å². The summed E-state index contributed by atoms with van der Waals surface area (Å²) in [5, 5.41) is 5.99. The van der Waals surface area contributed by atoms with E-state index in [9.17, 15) is 13.2 Å². The Morgan fingerprint density at radius 1 is 1.07 bits per heavy atom. The Morgan fingerprint density at radius 3 is 2.48 bits per heavy atom. The molecular formula is C21H20ClN3O3S. The lowest BCUT2D eigenvalue weighted by Crippen LogP contribution is -2.28. The highest BCUT2D eigenvalue weighted by molar-refractivity contribution is 7.90. The summed E-state index contributed by atoms with van der Waals surface area (Å²) >= 11 is 5.99. The van der Waals surface area contributed by atoms with Gasteiger partial charge in [0.1, 0.15) is 0 Å². The molecule has 0 bridgehead atoms. The number of nitrogens with one attached hydrogen (secondary N) is 2. The van der Waals surface area contributed by atoms with E-state index in [0.717, 1.165) is 11.1 Å². The number of aromatic nitrogens is 1. The van der Waals surface area contributed by atoms with Crippen LogP contribution in [0.1, 0.15) is 16.7 Å². The van der Waals surface area contributed by atoms with E-state index in [4.69, 9.17) is 11.6 Å². The smallest absolute Gasteiger partial charge is 0.319 e. The number of hydrogen-bond acceptors (Lipinski definition) is 4. The number of halogens is 1. The minimum Gasteiger partial charge on any atom is -0.334 e. The van der Waals surface area contributed by atoms with Crippen molar-refractivity contribution in [2.24, 2.45) is 0 Å². The summed E-state index contributed by atoms with van der Waals surface area (Å²) in [6.45, 7) is 2.17. The third kappa shape index (κ3) is 5.79. The van der Waals surface area contributed by atoms with Crippen molar-refractivity contribution in [3.8, 4) is 0 Å². The summed E-state index contributed by atoms with van der Waals surface area (Å²) in [7, 11) is -3.51. The Labute approximate surface area is 174 Å². The number of nitrogens with zero attached hydrogens (tertiary/aromatic N) is 1. The molecule has 1 heterocycles. The average molecular weight is 430 g/mol. The number of hydrogen-bond donors (Lipinski definition) is 2. The Balaban J connectivity index is 1.61. The number of sulfone groups is 1. The highest BCUT2D eigenvalue weighted by atomic mass is 35.5. The molecule has 0 aliphatic rings. The monoisotopic (exact) mass is 429 g/mol. The second kappa shape index (κ2) is 9.07. The first-order chi connectivity index (χ1) is 13.8. The number of amides is 2. The Bertz CT molecular complexity index is 1100. The van der Waals surface area contributed by atoms with Gasteiger partial charge in [-0.05, 0) is 60.0 Å². The van der Waals surface area contributed by atoms with Gasteiger partial charge in [-0.25, -0.2) is 13.2 Å². The lowest BCUT2D eigenvalue weighted by atomic mass is 10.2. The van der Waals surface area contributed by atoms with E-state index in [1.54, 1.807) is 48.8 Å². The molecule has 29 heavy (non-hydrogen) atoms. The van der Waals surface area contributed by atoms with E-state index in [0.29, 0.717) is 22.8 Å². The SMILES string of the molecule is Cc1cc(CS(=O)(=O)c2ccc(NC(=O)NCc3cccnc3)cc2)ccc1Cl. The van der Waals surface area contributed by atoms with Crippen LogP contribution in [-0.4, -0.2) is 19.4 Å². The zero-order chi connectivity index (χ0) is 20.9. The molecule has 0 aliphatic heterocycles. The summed E-state index contributed by atoms with van der Waals surface area (Å²) in [4.78, 5) is 16.2. The fraction of sp³-hybridized carbons (Fsp3) is 0.143. The van der Waals surface area contributed by atoms with Gasteiger partial charge >= 0.3 is 6.03 Å². The summed E-state index contributed by atoms with van der Waals surface area (Å²) in [5.74, 6) is -0.122. The van der Waals surface area contributed by atoms with Gasteiger partial charge in [0, 0.05) is 29.6 Å². The third-order valence-corrected chi connectivity index (χ3v) is 6.35. The number of rotatable bonds is 6. The van der Waals surface area contributed by atoms with Crippen LogP contribution in [0.5, 0.6) is 0 Å². The molecule has 0 unspecified atom stereocenters. The summed E-state index contributed by atoms with van der Waals surface area (Å²) in [5.41, 5.74) is 2.87. The molecule has 0 radical (unpaired) electrons. The van der Waals surface area contributed by atoms with Crippen molar-refractivity contribution in [3.63, 3.8) is 0 Å². The van der Waals surface area contributed by atoms with Gasteiger partial charge in [-0.3, -0.25) is 4.98 Å². The molecule has 0 aliphatic carbocycles. The van der Waals surface area contributed by atoms with E-state index in [2.05, 4.69) is 15.6 Å². The molecule has 2 aromatic carbocycles. The maximum atomic E-state index is 12.7. The molecule has 3 rings (SSSR count). The quantitative estimate of drug-likeness (QED) is 0.610. The fourth-order valence-corrected chi connectivity index (χ4v) is 4.16. The Kier molecular flexibility index (Phi) is 6.51. The van der Waals surface area contributed by atoms with Gasteiger partial charge in [-0.15, -0.1) is 0 Å². The molecule has 8 heteroatoms. The molecule has 1 aromatic heterocycles. The molecule has 3 aromatic rings. The molecule has 2 N–H and O–H groups in total. The molecule has 0 fully saturated rings. The van der Waals surface area contributed by atoms with Gasteiger partial charge in [0.25, 0.3) is 0 Å². The van der Waals surface area contributed by atoms with Gasteiger partial charge in [0.15, 0.2) is 9.84 Å². The van der Waals surface area contributed by atoms with Crippen molar-refractivity contribution >= 4 is 33.2 Å². The number of carbonyl (C=O) groups is 1. The highest BCUT2D eigenvalue weighted by Crippen LogP contribution is 2.22. The summed E-state index contributed by atoms with van der Waals surface area (Å²) < 4.78 is 25.3. The standard InChI is InChI=1S/C21H20ClN3O3S/c1-15-11-16(4-9-20(15)22)14-29(27,28)19-7-5-18(6-8-19)25-21(26)24-13-17-3-2-10-23-12-17/h2-12H,13-14H2,1H3,(H2,24,25,26). The third-order valence-electron chi connectivity index (χ3n) is 4.23. The van der Waals surface area contributed by atoms with Crippen LogP contribution in [0.15, 0.2) is 71.9 Å². The van der Waals surface area contributed by atoms with Crippen molar-refractivity contribution in [1.82, 2.24) is 10.3 Å². The van der Waals surface area contributed by atoms with Gasteiger partial charge in [-0.1, -0.05) is 29.8 Å². The largest absolute Gasteiger partial charge is 0.334 e. The molecule has 150 valence electrons. The maximum absolute atomic E-state index is 12.7. The number of pyridine rings is 1. The predicted molar refractivity (Wildman–Crippen MR) is 114 cm³/mol. The number of benzene rings is 2. The lowest BCUT2D eigenvalue weighted by molar-refractivity contribution is 0.251. The van der Waals surface area contributed by atoms with Crippen molar-refractivity contribution in [1.29, 1.82) is 0 Å². The van der Waals surface area contributed by atoms with Crippen LogP contribution in [0.4, 0.5) is 10.5 Å². The van der Waals surface area contributed by atoms with E-state index in [1.165, 1.54) is 12.1 Å². The number of anilines is 1. The van der Waals surface area contributed by atoms with Crippen LogP contribution in [0.25, 0.3) is 0 Å². The predicted octanol–water partition coefficient (Wildman–Crippen LogP) is 4.34. The minimum absolute atomic E-state index is 0.122. The van der Waals surface area contributed by atoms with E-state index >= 15 is 0 Å². The second-order valence-corrected chi connectivity index (χ2v) is 8.93. The number of carbonyl (C=O) groups excluding carboxylic acids is 1. The first kappa shape index (κ1) is 20.8. The van der Waals surface area contributed by atoms with Crippen LogP contribution in [-0.2, 0) is 22.1 Å². The Hall–Kier alpha value is -2.90. The van der Waals surface area contributed by atoms with Crippen LogP contribution in [0, 0.1) is 6.92 Å². The molecule has 2 amide bonds. The molecule has 0 spiro atoms. The normalized spacial score (nSPS) is 11.1. The van der Waals surface area contributed by atoms with E-state index < -0.39 is 9.84 Å². The van der Waals surface area contributed by atoms with Crippen molar-refractivity contribution < 1.29 is 13.2 Å². The summed E-state index contributed by atoms with van der Waals surface area (Å²) in [6, 6.07) is 14.5. The van der Waals surface area contributed by atoms with E-state index in [-0.39, 0.29) is 16.7 Å². The van der Waals surface area contributed by atoms with Crippen LogP contribution in [0.2, 0.25) is 5.02 Å². The van der Waals surface area contributed by atoms with Crippen LogP contribution < -0.4 is 10.6 Å². The molecule has 0 saturated carbocycles. The molecular weight excluding hydrogens is 410 g/mol. The molecule has 0 atom stereocenters. The first-order valence-electron chi connectivity index (χ1n) is 8.85. The van der Waals surface area contributed by atoms with Crippen molar-refractivity contribution in [2.45, 2.75) is 24.1 Å². The zero-order valence-electron chi connectivity index (χ0n) is 15.7. The average Bonchev–Trinajstić information content (AvgIpc) is 2.70. The van der Waals surface area contributed by atoms with Crippen molar-refractivity contribution in [3.05, 3.63) is 88.7 Å². The number of urea groups is 1. The topological polar surface area (TPSA) is 88.2 Å². The zero-order valence-corrected chi connectivity index (χ0v) is 17.3. The van der Waals surface area contributed by atoms with Crippen LogP contribution >= 0.6 is 11.6 Å². The van der Waals surface area contributed by atoms with Gasteiger partial charge in [0.2, 0.25) is 0 Å². The fourth-order valence-electron chi connectivity index (χ4n) is 2.71. The van der Waals surface area contributed by atoms with Crippen molar-refractivity contribution in [2.75, 3.05) is 5.32 Å².